The lowest BCUT2D eigenvalue weighted by Crippen LogP contribution is -2.47. The Morgan fingerprint density at radius 3 is 2.31 bits per heavy atom. The van der Waals surface area contributed by atoms with Gasteiger partial charge in [-0.25, -0.2) is 4.90 Å². The van der Waals surface area contributed by atoms with Gasteiger partial charge in [0.1, 0.15) is 0 Å². The van der Waals surface area contributed by atoms with Crippen LogP contribution >= 0.6 is 12.4 Å². The number of amides is 1. The molecular weight excluding hydrogens is 209 g/mol. The minimum atomic E-state index is -4.43. The molecule has 0 spiro atoms. The van der Waals surface area contributed by atoms with Gasteiger partial charge in [0.25, 0.3) is 0 Å². The first kappa shape index (κ1) is 12.5. The first-order valence-corrected chi connectivity index (χ1v) is 3.55. The first-order chi connectivity index (χ1) is 5.43. The molecule has 1 heterocycles. The van der Waals surface area contributed by atoms with Crippen molar-refractivity contribution in [2.75, 3.05) is 6.54 Å². The number of nitrogens with two attached hydrogens (primary N) is 1. The van der Waals surface area contributed by atoms with Crippen LogP contribution in [0, 0.1) is 0 Å². The van der Waals surface area contributed by atoms with Gasteiger partial charge < -0.3 is 5.73 Å². The van der Waals surface area contributed by atoms with Gasteiger partial charge in [-0.3, -0.25) is 4.79 Å². The molecule has 1 atom stereocenters. The van der Waals surface area contributed by atoms with Gasteiger partial charge in [-0.2, -0.15) is 13.2 Å². The van der Waals surface area contributed by atoms with Gasteiger partial charge in [0.05, 0.1) is 6.04 Å². The zero-order valence-corrected chi connectivity index (χ0v) is 7.49. The molecule has 7 heteroatoms. The minimum Gasteiger partial charge on any atom is -0.368 e. The van der Waals surface area contributed by atoms with E-state index in [2.05, 4.69) is 0 Å². The maximum Gasteiger partial charge on any atom is 0.460 e. The van der Waals surface area contributed by atoms with Crippen LogP contribution in [0.2, 0.25) is 0 Å². The Morgan fingerprint density at radius 2 is 2.00 bits per heavy atom. The van der Waals surface area contributed by atoms with Crippen molar-refractivity contribution in [2.45, 2.75) is 25.2 Å². The van der Waals surface area contributed by atoms with E-state index >= 15 is 0 Å². The molecule has 1 saturated heterocycles. The van der Waals surface area contributed by atoms with Gasteiger partial charge in [-0.15, -0.1) is 12.4 Å². The lowest BCUT2D eigenvalue weighted by molar-refractivity contribution is -0.248. The molecule has 1 aliphatic rings. The van der Waals surface area contributed by atoms with Crippen LogP contribution in [0.5, 0.6) is 0 Å². The summed E-state index contributed by atoms with van der Waals surface area (Å²) in [7, 11) is 0. The third-order valence-corrected chi connectivity index (χ3v) is 1.91. The number of carbonyl (C=O) groups is 1. The van der Waals surface area contributed by atoms with E-state index in [0.717, 1.165) is 0 Å². The van der Waals surface area contributed by atoms with Crippen molar-refractivity contribution in [3.8, 4) is 0 Å². The van der Waals surface area contributed by atoms with Crippen LogP contribution in [-0.4, -0.2) is 29.7 Å². The van der Waals surface area contributed by atoms with E-state index in [1.54, 1.807) is 0 Å². The Labute approximate surface area is 79.5 Å². The molecule has 0 saturated carbocycles. The number of alkyl halides is 3. The normalized spacial score (nSPS) is 24.1. The van der Waals surface area contributed by atoms with Crippen molar-refractivity contribution in [2.24, 2.45) is 5.73 Å². The van der Waals surface area contributed by atoms with Gasteiger partial charge in [-0.05, 0) is 12.8 Å². The molecule has 1 unspecified atom stereocenters. The van der Waals surface area contributed by atoms with Crippen molar-refractivity contribution in [1.29, 1.82) is 0 Å². The molecule has 13 heavy (non-hydrogen) atoms. The van der Waals surface area contributed by atoms with E-state index in [9.17, 15) is 18.0 Å². The van der Waals surface area contributed by atoms with Crippen molar-refractivity contribution >= 4 is 18.3 Å². The molecule has 0 bridgehead atoms. The average Bonchev–Trinajstić information content (AvgIpc) is 2.30. The second-order valence-corrected chi connectivity index (χ2v) is 2.72. The fourth-order valence-electron chi connectivity index (χ4n) is 1.37. The zero-order valence-electron chi connectivity index (χ0n) is 6.67. The van der Waals surface area contributed by atoms with Gasteiger partial charge in [0, 0.05) is 6.54 Å². The third-order valence-electron chi connectivity index (χ3n) is 1.91. The molecule has 2 N–H and O–H groups in total. The number of carbonyl (C=O) groups excluding carboxylic acids is 1. The lowest BCUT2D eigenvalue weighted by Gasteiger charge is -2.23. The fraction of sp³-hybridized carbons (Fsp3) is 0.833. The Balaban J connectivity index is 0.00000144. The van der Waals surface area contributed by atoms with Crippen molar-refractivity contribution < 1.29 is 18.0 Å². The van der Waals surface area contributed by atoms with Crippen LogP contribution in [0.4, 0.5) is 13.2 Å². The average molecular weight is 219 g/mol. The van der Waals surface area contributed by atoms with Crippen LogP contribution in [0.25, 0.3) is 0 Å². The summed E-state index contributed by atoms with van der Waals surface area (Å²) in [5.41, 5.74) is 4.80. The summed E-state index contributed by atoms with van der Waals surface area (Å²) < 4.78 is 36.3. The molecule has 78 valence electrons. The quantitative estimate of drug-likeness (QED) is 0.664. The van der Waals surface area contributed by atoms with Crippen LogP contribution in [0.1, 0.15) is 12.8 Å². The summed E-state index contributed by atoms with van der Waals surface area (Å²) in [4.78, 5) is 10.7. The summed E-state index contributed by atoms with van der Waals surface area (Å²) in [6.45, 7) is -0.128. The van der Waals surface area contributed by atoms with Gasteiger partial charge >= 0.3 is 6.30 Å². The fourth-order valence-corrected chi connectivity index (χ4v) is 1.37. The summed E-state index contributed by atoms with van der Waals surface area (Å²) >= 11 is 0. The van der Waals surface area contributed by atoms with E-state index in [4.69, 9.17) is 5.73 Å². The predicted octanol–water partition coefficient (Wildman–Crippen LogP) is 0.878. The number of hydrogen-bond acceptors (Lipinski definition) is 2. The van der Waals surface area contributed by atoms with Crippen molar-refractivity contribution in [3.63, 3.8) is 0 Å². The Kier molecular flexibility index (Phi) is 3.99. The molecule has 1 rings (SSSR count). The largest absolute Gasteiger partial charge is 0.460 e. The number of primary amides is 1. The highest BCUT2D eigenvalue weighted by Crippen LogP contribution is 2.30. The van der Waals surface area contributed by atoms with E-state index in [1.165, 1.54) is 0 Å². The molecule has 0 aromatic rings. The van der Waals surface area contributed by atoms with Crippen LogP contribution in [0.15, 0.2) is 0 Å². The first-order valence-electron chi connectivity index (χ1n) is 3.55. The van der Waals surface area contributed by atoms with E-state index in [0.29, 0.717) is 6.42 Å². The predicted molar refractivity (Wildman–Crippen MR) is 42.2 cm³/mol. The Hall–Kier alpha value is -0.490. The summed E-state index contributed by atoms with van der Waals surface area (Å²) in [6.07, 6.45) is -3.86. The smallest absolute Gasteiger partial charge is 0.368 e. The number of nitrogens with zero attached hydrogens (tertiary/aromatic N) is 1. The van der Waals surface area contributed by atoms with Crippen molar-refractivity contribution in [1.82, 2.24) is 4.90 Å². The molecular formula is C6H10ClF3N2O. The van der Waals surface area contributed by atoms with E-state index in [1.807, 2.05) is 0 Å². The molecule has 1 aliphatic heterocycles. The third kappa shape index (κ3) is 2.73. The summed E-state index contributed by atoms with van der Waals surface area (Å²) in [6, 6.07) is -1.16. The molecule has 3 nitrogen and oxygen atoms in total. The SMILES string of the molecule is Cl.NC(=O)C1CCCN1C(F)(F)F. The zero-order chi connectivity index (χ0) is 9.35. The highest BCUT2D eigenvalue weighted by atomic mass is 35.5. The van der Waals surface area contributed by atoms with Crippen LogP contribution in [-0.2, 0) is 4.79 Å². The molecule has 0 radical (unpaired) electrons. The van der Waals surface area contributed by atoms with E-state index < -0.39 is 18.2 Å². The highest BCUT2D eigenvalue weighted by Gasteiger charge is 2.46. The van der Waals surface area contributed by atoms with Gasteiger partial charge in [0.2, 0.25) is 5.91 Å². The standard InChI is InChI=1S/C6H9F3N2O.ClH/c7-6(8,9)11-3-1-2-4(11)5(10)12;/h4H,1-3H2,(H2,10,12);1H. The summed E-state index contributed by atoms with van der Waals surface area (Å²) in [5.74, 6) is -0.898. The molecule has 0 aromatic carbocycles. The second kappa shape index (κ2) is 4.15. The summed E-state index contributed by atoms with van der Waals surface area (Å²) in [5, 5.41) is 0. The lowest BCUT2D eigenvalue weighted by atomic mass is 10.2. The van der Waals surface area contributed by atoms with Crippen LogP contribution < -0.4 is 5.73 Å². The Morgan fingerprint density at radius 1 is 1.46 bits per heavy atom. The van der Waals surface area contributed by atoms with Crippen molar-refractivity contribution in [3.05, 3.63) is 0 Å². The molecule has 1 amide bonds. The molecule has 0 aromatic heterocycles. The van der Waals surface area contributed by atoms with Crippen LogP contribution in [0.3, 0.4) is 0 Å². The maximum absolute atomic E-state index is 12.1. The van der Waals surface area contributed by atoms with Gasteiger partial charge in [-0.1, -0.05) is 0 Å². The second-order valence-electron chi connectivity index (χ2n) is 2.72. The van der Waals surface area contributed by atoms with Gasteiger partial charge in [0.15, 0.2) is 0 Å². The topological polar surface area (TPSA) is 46.3 Å². The number of hydrogen-bond donors (Lipinski definition) is 1. The molecule has 1 fully saturated rings. The number of rotatable bonds is 1. The van der Waals surface area contributed by atoms with E-state index in [-0.39, 0.29) is 30.3 Å². The maximum atomic E-state index is 12.1. The number of halogens is 4. The minimum absolute atomic E-state index is 0. The Bertz CT molecular complexity index is 197. The highest BCUT2D eigenvalue weighted by molar-refractivity contribution is 5.85. The molecule has 0 aliphatic carbocycles. The monoisotopic (exact) mass is 218 g/mol. The number of likely N-dealkylation sites (tertiary alicyclic amines) is 1.